The second-order valence-corrected chi connectivity index (χ2v) is 26.8. The fourth-order valence-corrected chi connectivity index (χ4v) is 10.1. The van der Waals surface area contributed by atoms with Crippen molar-refractivity contribution < 1.29 is 122 Å². The molecule has 0 bridgehead atoms. The van der Waals surface area contributed by atoms with Crippen LogP contribution in [0.25, 0.3) is 0 Å². The van der Waals surface area contributed by atoms with Crippen LogP contribution in [0.1, 0.15) is 151 Å². The Morgan fingerprint density at radius 3 is 0.870 bits per heavy atom. The first kappa shape index (κ1) is 98.1. The van der Waals surface area contributed by atoms with Crippen LogP contribution >= 0.6 is 11.8 Å². The van der Waals surface area contributed by atoms with Gasteiger partial charge in [-0.2, -0.15) is 11.8 Å². The molecular weight excluding hydrogens is 1450 g/mol. The molecule has 0 spiro atoms. The van der Waals surface area contributed by atoms with Gasteiger partial charge in [0.2, 0.25) is 88.6 Å². The van der Waals surface area contributed by atoms with Crippen molar-refractivity contribution in [2.45, 2.75) is 242 Å². The molecule has 0 aromatic rings. The van der Waals surface area contributed by atoms with Crippen LogP contribution in [-0.2, 0) is 91.1 Å². The first-order chi connectivity index (χ1) is 50.6. The summed E-state index contributed by atoms with van der Waals surface area (Å²) in [6, 6.07) is -23.1. The van der Waals surface area contributed by atoms with Crippen LogP contribution in [0.5, 0.6) is 0 Å². The van der Waals surface area contributed by atoms with Gasteiger partial charge in [0.05, 0.1) is 13.2 Å². The van der Waals surface area contributed by atoms with E-state index < -0.39 is 274 Å². The van der Waals surface area contributed by atoms with Crippen LogP contribution < -0.4 is 97.4 Å². The number of thioether (sulfide) groups is 1. The van der Waals surface area contributed by atoms with Crippen molar-refractivity contribution in [3.8, 4) is 0 Å². The van der Waals surface area contributed by atoms with E-state index in [1.54, 1.807) is 20.1 Å². The van der Waals surface area contributed by atoms with Crippen LogP contribution in [0.3, 0.4) is 0 Å². The number of nitrogens with two attached hydrogens (primary N) is 4. The van der Waals surface area contributed by atoms with Crippen LogP contribution in [0.4, 0.5) is 0 Å². The van der Waals surface area contributed by atoms with E-state index in [-0.39, 0.29) is 51.6 Å². The lowest BCUT2D eigenvalue weighted by atomic mass is 10.0. The molecule has 44 heteroatoms. The van der Waals surface area contributed by atoms with Gasteiger partial charge in [0.15, 0.2) is 0 Å². The van der Waals surface area contributed by atoms with Crippen molar-refractivity contribution in [2.75, 3.05) is 38.3 Å². The number of nitrogens with one attached hydrogen (secondary N) is 14. The standard InChI is InChI=1S/C64H110N18O25S/c1-30(2)27-44(81-63(105)45(29-84)82-54(96)35(7)73-58(100)39(15-19-46(68)85)78-61(103)42(23-26-108-8)77-55(97)36(67)28-83)62(104)79-41(17-21-48(88)89)60(102)72-33(5)52(94)76-40(16-20-47(86)87)59(101)71-32(4)51(93)75-37(13-9-11-24-65)56(98)69-31(3)50(92)74-38(14-10-12-25-66)57(99)70-34(6)53(95)80-43(64(106)107)18-22-49(90)91/h30-45,83-84H,9-29,65-67H2,1-8H3,(H2,68,85)(H,69,98)(H,70,99)(H,71,101)(H,72,102)(H,73,100)(H,74,92)(H,75,93)(H,76,94)(H,77,97)(H,78,103)(H,79,104)(H,80,95)(H,81,105)(H,82,96)(H,86,87)(H,88,89)(H,90,91)(H,106,107)/t31-,32-,33-,34-,35-,36-,37-,38-,39-,40-,41-,42-,43-,44-,45-/m0/s1. The van der Waals surface area contributed by atoms with Gasteiger partial charge in [0.1, 0.15) is 90.6 Å². The molecule has 0 aliphatic rings. The minimum absolute atomic E-state index is 0.0296. The highest BCUT2D eigenvalue weighted by Gasteiger charge is 2.37. The minimum atomic E-state index is -1.84. The molecule has 0 aromatic heterocycles. The van der Waals surface area contributed by atoms with Crippen molar-refractivity contribution in [3.63, 3.8) is 0 Å². The maximum Gasteiger partial charge on any atom is 0.326 e. The van der Waals surface area contributed by atoms with E-state index in [0.29, 0.717) is 18.6 Å². The first-order valence-electron chi connectivity index (χ1n) is 34.9. The summed E-state index contributed by atoms with van der Waals surface area (Å²) in [6.07, 6.45) is -1.99. The van der Waals surface area contributed by atoms with Crippen molar-refractivity contribution in [1.82, 2.24) is 74.4 Å². The highest BCUT2D eigenvalue weighted by atomic mass is 32.2. The quantitative estimate of drug-likeness (QED) is 0.0252. The fraction of sp³-hybridized carbons (Fsp3) is 0.703. The summed E-state index contributed by atoms with van der Waals surface area (Å²) in [7, 11) is 0. The van der Waals surface area contributed by atoms with Crippen LogP contribution in [0.15, 0.2) is 0 Å². The second kappa shape index (κ2) is 52.2. The third kappa shape index (κ3) is 39.6. The topological polar surface area (TPSA) is 718 Å². The lowest BCUT2D eigenvalue weighted by molar-refractivity contribution is -0.143. The highest BCUT2D eigenvalue weighted by molar-refractivity contribution is 7.98. The molecule has 0 rings (SSSR count). The molecule has 28 N–H and O–H groups in total. The average Bonchev–Trinajstić information content (AvgIpc) is 0.870. The molecule has 0 saturated heterocycles. The summed E-state index contributed by atoms with van der Waals surface area (Å²) < 4.78 is 0. The molecular formula is C64H110N18O25S. The molecule has 15 amide bonds. The third-order valence-electron chi connectivity index (χ3n) is 16.0. The van der Waals surface area contributed by atoms with Gasteiger partial charge in [0, 0.05) is 25.7 Å². The SMILES string of the molecule is CSCC[C@H](NC(=O)[C@@H](N)CO)C(=O)N[C@@H](CCC(N)=O)C(=O)N[C@@H](C)C(=O)N[C@@H](CO)C(=O)N[C@@H](CC(C)C)C(=O)N[C@@H](CCC(=O)O)C(=O)N[C@@H](C)C(=O)N[C@@H](CCC(=O)O)C(=O)N[C@@H](C)C(=O)N[C@@H](CCCCN)C(=O)N[C@@H](C)C(=O)N[C@@H](CCCCN)C(=O)N[C@@H](C)C(=O)N[C@@H](CCC(=O)O)C(=O)O. The molecule has 0 heterocycles. The number of aliphatic hydroxyl groups excluding tert-OH is 2. The Kier molecular flexibility index (Phi) is 47.4. The second-order valence-electron chi connectivity index (χ2n) is 25.8. The van der Waals surface area contributed by atoms with Crippen molar-refractivity contribution in [2.24, 2.45) is 28.9 Å². The smallest absolute Gasteiger partial charge is 0.326 e. The predicted octanol–water partition coefficient (Wildman–Crippen LogP) is -8.81. The molecule has 0 saturated carbocycles. The van der Waals surface area contributed by atoms with Crippen molar-refractivity contribution in [1.29, 1.82) is 0 Å². The summed E-state index contributed by atoms with van der Waals surface area (Å²) in [5, 5.41) is 90.0. The van der Waals surface area contributed by atoms with Gasteiger partial charge in [-0.25, -0.2) is 4.79 Å². The number of rotatable bonds is 56. The predicted molar refractivity (Wildman–Crippen MR) is 382 cm³/mol. The van der Waals surface area contributed by atoms with Gasteiger partial charge in [0.25, 0.3) is 0 Å². The zero-order valence-corrected chi connectivity index (χ0v) is 62.6. The Hall–Kier alpha value is -9.92. The molecule has 43 nitrogen and oxygen atoms in total. The molecule has 0 aromatic carbocycles. The number of unbranched alkanes of at least 4 members (excludes halogenated alkanes) is 2. The van der Waals surface area contributed by atoms with Gasteiger partial charge < -0.3 is 128 Å². The summed E-state index contributed by atoms with van der Waals surface area (Å²) in [6.45, 7) is 7.58. The Morgan fingerprint density at radius 2 is 0.574 bits per heavy atom. The van der Waals surface area contributed by atoms with Gasteiger partial charge in [-0.1, -0.05) is 13.8 Å². The molecule has 0 aliphatic carbocycles. The molecule has 15 atom stereocenters. The summed E-state index contributed by atoms with van der Waals surface area (Å²) in [4.78, 5) is 248. The maximum absolute atomic E-state index is 14.0. The number of amides is 15. The molecule has 0 radical (unpaired) electrons. The van der Waals surface area contributed by atoms with Gasteiger partial charge in [-0.3, -0.25) is 86.3 Å². The zero-order chi connectivity index (χ0) is 82.7. The Morgan fingerprint density at radius 1 is 0.315 bits per heavy atom. The number of aliphatic carboxylic acids is 4. The Balaban J connectivity index is 6.47. The maximum atomic E-state index is 14.0. The zero-order valence-electron chi connectivity index (χ0n) is 61.7. The third-order valence-corrected chi connectivity index (χ3v) is 16.6. The van der Waals surface area contributed by atoms with Crippen molar-refractivity contribution in [3.05, 3.63) is 0 Å². The van der Waals surface area contributed by atoms with Gasteiger partial charge in [-0.15, -0.1) is 0 Å². The molecule has 0 unspecified atom stereocenters. The van der Waals surface area contributed by atoms with E-state index >= 15 is 0 Å². The van der Waals surface area contributed by atoms with Gasteiger partial charge in [-0.05, 0) is 143 Å². The number of aliphatic hydroxyl groups is 2. The summed E-state index contributed by atoms with van der Waals surface area (Å²) in [5.74, 6) is -21.2. The number of carboxylic acid groups (broad SMARTS) is 4. The minimum Gasteiger partial charge on any atom is -0.481 e. The lowest BCUT2D eigenvalue weighted by Gasteiger charge is -2.27. The molecule has 612 valence electrons. The Bertz CT molecular complexity index is 3100. The van der Waals surface area contributed by atoms with E-state index in [0.717, 1.165) is 20.8 Å². The Labute approximate surface area is 627 Å². The number of carboxylic acids is 4. The number of hydrogen-bond acceptors (Lipinski definition) is 25. The van der Waals surface area contributed by atoms with Gasteiger partial charge >= 0.3 is 23.9 Å². The molecule has 0 aliphatic heterocycles. The summed E-state index contributed by atoms with van der Waals surface area (Å²) >= 11 is 1.31. The number of hydrogen-bond donors (Lipinski definition) is 24. The monoisotopic (exact) mass is 1560 g/mol. The van der Waals surface area contributed by atoms with Crippen LogP contribution in [0, 0.1) is 5.92 Å². The van der Waals surface area contributed by atoms with Crippen molar-refractivity contribution >= 4 is 124 Å². The number of carbonyl (C=O) groups excluding carboxylic acids is 15. The average molecular weight is 1560 g/mol. The van der Waals surface area contributed by atoms with E-state index in [9.17, 15) is 117 Å². The van der Waals surface area contributed by atoms with Crippen LogP contribution in [0.2, 0.25) is 0 Å². The first-order valence-corrected chi connectivity index (χ1v) is 36.3. The van der Waals surface area contributed by atoms with E-state index in [4.69, 9.17) is 28.0 Å². The van der Waals surface area contributed by atoms with Crippen LogP contribution in [-0.4, -0.2) is 272 Å². The largest absolute Gasteiger partial charge is 0.481 e. The number of primary amides is 1. The molecule has 108 heavy (non-hydrogen) atoms. The lowest BCUT2D eigenvalue weighted by Crippen LogP contribution is -2.61. The molecule has 0 fully saturated rings. The highest BCUT2D eigenvalue weighted by Crippen LogP contribution is 2.12. The van der Waals surface area contributed by atoms with E-state index in [1.165, 1.54) is 25.6 Å². The fourth-order valence-electron chi connectivity index (χ4n) is 9.64. The number of carbonyl (C=O) groups is 19. The summed E-state index contributed by atoms with van der Waals surface area (Å²) in [5.41, 5.74) is 22.2. The normalized spacial score (nSPS) is 15.2. The van der Waals surface area contributed by atoms with E-state index in [1.807, 2.05) is 0 Å². The van der Waals surface area contributed by atoms with E-state index in [2.05, 4.69) is 74.4 Å².